The quantitative estimate of drug-likeness (QED) is 0.357. The number of ether oxygens (including phenoxy) is 1. The van der Waals surface area contributed by atoms with Crippen LogP contribution < -0.4 is 5.32 Å². The van der Waals surface area contributed by atoms with Gasteiger partial charge in [-0.2, -0.15) is 10.2 Å². The van der Waals surface area contributed by atoms with E-state index in [1.165, 1.54) is 30.3 Å². The predicted molar refractivity (Wildman–Crippen MR) is 149 cm³/mol. The van der Waals surface area contributed by atoms with Gasteiger partial charge in [0.15, 0.2) is 0 Å². The number of amides is 1. The van der Waals surface area contributed by atoms with Crippen molar-refractivity contribution in [3.63, 3.8) is 0 Å². The SMILES string of the molecule is COC(=O)c1nc(NC(=O)C2C(c3cccc(Cl)c3F)C(C#N)(c3ccc(Cl)cc3F)C(CC(C)(C)C)N2C)n[nH]1. The lowest BCUT2D eigenvalue weighted by atomic mass is 9.62. The molecule has 1 aliphatic heterocycles. The van der Waals surface area contributed by atoms with E-state index >= 15 is 8.78 Å². The van der Waals surface area contributed by atoms with Gasteiger partial charge in [0.25, 0.3) is 0 Å². The van der Waals surface area contributed by atoms with Crippen molar-refractivity contribution < 1.29 is 23.1 Å². The molecule has 216 valence electrons. The fourth-order valence-electron chi connectivity index (χ4n) is 5.67. The number of likely N-dealkylation sites (tertiary alicyclic amines) is 1. The van der Waals surface area contributed by atoms with E-state index in [0.29, 0.717) is 6.42 Å². The fraction of sp³-hybridized carbons (Fsp3) is 0.393. The number of nitrogens with zero attached hydrogens (tertiary/aromatic N) is 4. The molecule has 0 saturated carbocycles. The number of rotatable bonds is 6. The van der Waals surface area contributed by atoms with Gasteiger partial charge in [-0.1, -0.05) is 62.2 Å². The van der Waals surface area contributed by atoms with Crippen LogP contribution in [0.15, 0.2) is 36.4 Å². The summed E-state index contributed by atoms with van der Waals surface area (Å²) in [4.78, 5) is 31.4. The van der Waals surface area contributed by atoms with E-state index in [0.717, 1.165) is 13.2 Å². The van der Waals surface area contributed by atoms with Gasteiger partial charge < -0.3 is 4.74 Å². The first kappa shape index (κ1) is 30.4. The molecule has 1 fully saturated rings. The molecule has 2 N–H and O–H groups in total. The molecule has 13 heteroatoms. The second kappa shape index (κ2) is 11.4. The number of halogens is 4. The van der Waals surface area contributed by atoms with Gasteiger partial charge in [-0.25, -0.2) is 13.6 Å². The molecule has 0 aliphatic carbocycles. The normalized spacial score (nSPS) is 22.8. The van der Waals surface area contributed by atoms with E-state index in [1.54, 1.807) is 11.9 Å². The summed E-state index contributed by atoms with van der Waals surface area (Å²) in [6.07, 6.45) is 0.328. The van der Waals surface area contributed by atoms with Crippen LogP contribution in [0.3, 0.4) is 0 Å². The van der Waals surface area contributed by atoms with E-state index in [2.05, 4.69) is 31.3 Å². The molecule has 4 atom stereocenters. The number of methoxy groups -OCH3 is 1. The largest absolute Gasteiger partial charge is 0.463 e. The zero-order chi connectivity index (χ0) is 30.3. The average molecular weight is 605 g/mol. The van der Waals surface area contributed by atoms with Crippen LogP contribution in [-0.4, -0.2) is 58.2 Å². The highest BCUT2D eigenvalue weighted by atomic mass is 35.5. The van der Waals surface area contributed by atoms with Crippen molar-refractivity contribution in [3.05, 3.63) is 75.0 Å². The van der Waals surface area contributed by atoms with Crippen LogP contribution in [0, 0.1) is 28.4 Å². The average Bonchev–Trinajstić information content (AvgIpc) is 3.45. The minimum atomic E-state index is -1.78. The number of carbonyl (C=O) groups is 2. The van der Waals surface area contributed by atoms with E-state index in [1.807, 2.05) is 20.8 Å². The molecule has 2 aromatic carbocycles. The molecule has 0 spiro atoms. The molecule has 41 heavy (non-hydrogen) atoms. The predicted octanol–water partition coefficient (Wildman–Crippen LogP) is 5.48. The summed E-state index contributed by atoms with van der Waals surface area (Å²) in [6.45, 7) is 5.85. The van der Waals surface area contributed by atoms with Crippen LogP contribution in [0.25, 0.3) is 0 Å². The molecule has 1 saturated heterocycles. The number of esters is 1. The Balaban J connectivity index is 1.97. The van der Waals surface area contributed by atoms with Crippen molar-refractivity contribution in [2.45, 2.75) is 50.6 Å². The maximum Gasteiger partial charge on any atom is 0.375 e. The van der Waals surface area contributed by atoms with E-state index in [4.69, 9.17) is 23.2 Å². The second-order valence-corrected chi connectivity index (χ2v) is 11.9. The number of nitriles is 1. The summed E-state index contributed by atoms with van der Waals surface area (Å²) >= 11 is 12.2. The minimum Gasteiger partial charge on any atom is -0.463 e. The number of aromatic nitrogens is 3. The Morgan fingerprint density at radius 3 is 2.56 bits per heavy atom. The van der Waals surface area contributed by atoms with Gasteiger partial charge in [0.1, 0.15) is 17.0 Å². The van der Waals surface area contributed by atoms with Gasteiger partial charge >= 0.3 is 5.97 Å². The van der Waals surface area contributed by atoms with Crippen LogP contribution in [0.1, 0.15) is 54.9 Å². The molecule has 0 radical (unpaired) electrons. The molecular weight excluding hydrogens is 577 g/mol. The van der Waals surface area contributed by atoms with Gasteiger partial charge in [-0.15, -0.1) is 5.10 Å². The van der Waals surface area contributed by atoms with Crippen molar-refractivity contribution >= 4 is 41.0 Å². The van der Waals surface area contributed by atoms with Crippen molar-refractivity contribution in [2.24, 2.45) is 5.41 Å². The van der Waals surface area contributed by atoms with Crippen LogP contribution in [-0.2, 0) is 14.9 Å². The van der Waals surface area contributed by atoms with Gasteiger partial charge in [0.05, 0.1) is 24.2 Å². The number of benzene rings is 2. The van der Waals surface area contributed by atoms with Gasteiger partial charge in [0, 0.05) is 22.5 Å². The number of hydrogen-bond acceptors (Lipinski definition) is 7. The first-order valence-corrected chi connectivity index (χ1v) is 13.3. The second-order valence-electron chi connectivity index (χ2n) is 11.1. The molecule has 9 nitrogen and oxygen atoms in total. The summed E-state index contributed by atoms with van der Waals surface area (Å²) in [5.41, 5.74) is -2.25. The molecule has 1 aromatic heterocycles. The van der Waals surface area contributed by atoms with E-state index in [-0.39, 0.29) is 32.9 Å². The van der Waals surface area contributed by atoms with Crippen LogP contribution >= 0.6 is 23.2 Å². The Kier molecular flexibility index (Phi) is 8.41. The highest BCUT2D eigenvalue weighted by molar-refractivity contribution is 6.31. The monoisotopic (exact) mass is 604 g/mol. The third kappa shape index (κ3) is 5.52. The van der Waals surface area contributed by atoms with Crippen LogP contribution in [0.2, 0.25) is 10.0 Å². The lowest BCUT2D eigenvalue weighted by Gasteiger charge is -2.38. The molecule has 4 rings (SSSR count). The van der Waals surface area contributed by atoms with Crippen LogP contribution in [0.4, 0.5) is 14.7 Å². The first-order valence-electron chi connectivity index (χ1n) is 12.6. The van der Waals surface area contributed by atoms with Gasteiger partial charge in [-0.05, 0) is 42.6 Å². The highest BCUT2D eigenvalue weighted by Crippen LogP contribution is 2.56. The molecule has 3 aromatic rings. The molecule has 1 aliphatic rings. The Hall–Kier alpha value is -3.59. The summed E-state index contributed by atoms with van der Waals surface area (Å²) in [5, 5.41) is 19.6. The fourth-order valence-corrected chi connectivity index (χ4v) is 6.01. The maximum absolute atomic E-state index is 15.8. The Labute approximate surface area is 245 Å². The molecule has 4 unspecified atom stereocenters. The Morgan fingerprint density at radius 1 is 1.24 bits per heavy atom. The van der Waals surface area contributed by atoms with Crippen molar-refractivity contribution in [3.8, 4) is 6.07 Å². The molecule has 0 bridgehead atoms. The lowest BCUT2D eigenvalue weighted by molar-refractivity contribution is -0.120. The first-order chi connectivity index (χ1) is 19.2. The highest BCUT2D eigenvalue weighted by Gasteiger charge is 2.64. The Bertz CT molecular complexity index is 1540. The number of hydrogen-bond donors (Lipinski definition) is 2. The summed E-state index contributed by atoms with van der Waals surface area (Å²) in [6, 6.07) is 8.53. The number of anilines is 1. The lowest BCUT2D eigenvalue weighted by Crippen LogP contribution is -2.45. The van der Waals surface area contributed by atoms with Gasteiger partial charge in [-0.3, -0.25) is 20.1 Å². The van der Waals surface area contributed by atoms with Crippen molar-refractivity contribution in [2.75, 3.05) is 19.5 Å². The van der Waals surface area contributed by atoms with Crippen molar-refractivity contribution in [1.29, 1.82) is 5.26 Å². The maximum atomic E-state index is 15.8. The van der Waals surface area contributed by atoms with Crippen LogP contribution in [0.5, 0.6) is 0 Å². The zero-order valence-electron chi connectivity index (χ0n) is 22.9. The minimum absolute atomic E-state index is 0.0314. The summed E-state index contributed by atoms with van der Waals surface area (Å²) < 4.78 is 36.2. The van der Waals surface area contributed by atoms with E-state index < -0.39 is 52.3 Å². The smallest absolute Gasteiger partial charge is 0.375 e. The third-order valence-corrected chi connectivity index (χ3v) is 7.84. The summed E-state index contributed by atoms with van der Waals surface area (Å²) in [5.74, 6) is -4.86. The number of nitrogens with one attached hydrogen (secondary N) is 2. The summed E-state index contributed by atoms with van der Waals surface area (Å²) in [7, 11) is 2.79. The number of aromatic amines is 1. The standard InChI is InChI=1S/C28H28Cl2F2N6O3/c1-27(2,3)12-19-28(13-33,16-10-9-14(29)11-18(16)31)20(15-7-6-8-17(30)21(15)32)22(38(19)4)24(39)35-26-34-23(36-37-26)25(40)41-5/h6-11,19-20,22H,12H2,1-5H3,(H2,34,35,36,37,39). The third-order valence-electron chi connectivity index (χ3n) is 7.31. The van der Waals surface area contributed by atoms with E-state index in [9.17, 15) is 14.9 Å². The molecule has 1 amide bonds. The molecule has 2 heterocycles. The van der Waals surface area contributed by atoms with Gasteiger partial charge in [0.2, 0.25) is 17.7 Å². The Morgan fingerprint density at radius 2 is 1.95 bits per heavy atom. The van der Waals surface area contributed by atoms with Crippen molar-refractivity contribution in [1.82, 2.24) is 20.1 Å². The number of H-pyrrole nitrogens is 1. The number of carbonyl (C=O) groups excluding carboxylic acids is 2. The topological polar surface area (TPSA) is 124 Å². The molecular formula is C28H28Cl2F2N6O3. The zero-order valence-corrected chi connectivity index (χ0v) is 24.4. The number of likely N-dealkylation sites (N-methyl/N-ethyl adjacent to an activating group) is 1.